The standard InChI is InChI=1S/C24H19FN2O3S3/c1-2-30-23(29)21-18(15-6-4-3-5-7-15)12-31-22(21)27-20(28)14-33-24-26-19(13-32-24)16-8-10-17(25)11-9-16/h3-13H,2,14H2,1H3,(H,27,28). The summed E-state index contributed by atoms with van der Waals surface area (Å²) in [4.78, 5) is 29.8. The minimum absolute atomic E-state index is 0.136. The quantitative estimate of drug-likeness (QED) is 0.219. The number of nitrogens with one attached hydrogen (secondary N) is 1. The zero-order valence-corrected chi connectivity index (χ0v) is 20.0. The van der Waals surface area contributed by atoms with Crippen molar-refractivity contribution in [2.75, 3.05) is 17.7 Å². The number of benzene rings is 2. The average molecular weight is 499 g/mol. The number of esters is 1. The first-order valence-electron chi connectivity index (χ1n) is 10.0. The number of halogens is 1. The summed E-state index contributed by atoms with van der Waals surface area (Å²) < 4.78 is 19.1. The van der Waals surface area contributed by atoms with Gasteiger partial charge < -0.3 is 10.1 Å². The summed E-state index contributed by atoms with van der Waals surface area (Å²) in [6.45, 7) is 1.99. The van der Waals surface area contributed by atoms with Crippen LogP contribution in [0, 0.1) is 5.82 Å². The van der Waals surface area contributed by atoms with Gasteiger partial charge in [0, 0.05) is 21.9 Å². The van der Waals surface area contributed by atoms with Crippen LogP contribution >= 0.6 is 34.4 Å². The highest BCUT2D eigenvalue weighted by Crippen LogP contribution is 2.36. The summed E-state index contributed by atoms with van der Waals surface area (Å²) in [6, 6.07) is 15.6. The first kappa shape index (κ1) is 23.2. The van der Waals surface area contributed by atoms with Crippen LogP contribution < -0.4 is 5.32 Å². The summed E-state index contributed by atoms with van der Waals surface area (Å²) in [5.41, 5.74) is 3.52. The van der Waals surface area contributed by atoms with Gasteiger partial charge >= 0.3 is 5.97 Å². The Morgan fingerprint density at radius 1 is 1.03 bits per heavy atom. The molecule has 2 heterocycles. The molecule has 33 heavy (non-hydrogen) atoms. The van der Waals surface area contributed by atoms with Crippen LogP contribution in [0.3, 0.4) is 0 Å². The molecule has 0 saturated carbocycles. The molecule has 5 nitrogen and oxygen atoms in total. The van der Waals surface area contributed by atoms with Crippen LogP contribution in [-0.4, -0.2) is 29.2 Å². The molecule has 0 fully saturated rings. The topological polar surface area (TPSA) is 68.3 Å². The van der Waals surface area contributed by atoms with E-state index < -0.39 is 5.97 Å². The predicted octanol–water partition coefficient (Wildman–Crippen LogP) is 6.59. The van der Waals surface area contributed by atoms with Crippen molar-refractivity contribution >= 4 is 51.3 Å². The van der Waals surface area contributed by atoms with E-state index in [1.165, 1.54) is 46.6 Å². The van der Waals surface area contributed by atoms with Crippen molar-refractivity contribution in [3.8, 4) is 22.4 Å². The molecule has 4 rings (SSSR count). The molecule has 4 aromatic rings. The zero-order chi connectivity index (χ0) is 23.2. The first-order valence-corrected chi connectivity index (χ1v) is 12.8. The molecule has 1 amide bonds. The molecule has 0 aliphatic rings. The maximum Gasteiger partial charge on any atom is 0.341 e. The van der Waals surface area contributed by atoms with E-state index in [9.17, 15) is 14.0 Å². The number of nitrogens with zero attached hydrogens (tertiary/aromatic N) is 1. The maximum atomic E-state index is 13.1. The Kier molecular flexibility index (Phi) is 7.54. The van der Waals surface area contributed by atoms with Gasteiger partial charge in [0.05, 0.1) is 18.1 Å². The summed E-state index contributed by atoms with van der Waals surface area (Å²) >= 11 is 4.02. The van der Waals surface area contributed by atoms with Gasteiger partial charge in [0.25, 0.3) is 0 Å². The molecule has 9 heteroatoms. The fraction of sp³-hybridized carbons (Fsp3) is 0.125. The molecule has 0 unspecified atom stereocenters. The van der Waals surface area contributed by atoms with Gasteiger partial charge in [0.1, 0.15) is 16.4 Å². The second-order valence-electron chi connectivity index (χ2n) is 6.78. The molecule has 1 N–H and O–H groups in total. The molecule has 0 atom stereocenters. The number of ether oxygens (including phenoxy) is 1. The van der Waals surface area contributed by atoms with E-state index in [1.54, 1.807) is 19.1 Å². The fourth-order valence-corrected chi connectivity index (χ4v) is 5.66. The van der Waals surface area contributed by atoms with Crippen LogP contribution in [0.2, 0.25) is 0 Å². The number of thiazole rings is 1. The molecule has 2 aromatic carbocycles. The SMILES string of the molecule is CCOC(=O)c1c(-c2ccccc2)csc1NC(=O)CSc1nc(-c2ccc(F)cc2)cs1. The van der Waals surface area contributed by atoms with Crippen molar-refractivity contribution in [2.45, 2.75) is 11.3 Å². The zero-order valence-electron chi connectivity index (χ0n) is 17.5. The van der Waals surface area contributed by atoms with Crippen molar-refractivity contribution in [3.63, 3.8) is 0 Å². The van der Waals surface area contributed by atoms with E-state index in [-0.39, 0.29) is 24.1 Å². The molecule has 0 aliphatic carbocycles. The number of rotatable bonds is 8. The van der Waals surface area contributed by atoms with Crippen molar-refractivity contribution in [1.29, 1.82) is 0 Å². The van der Waals surface area contributed by atoms with Gasteiger partial charge in [0.2, 0.25) is 5.91 Å². The molecule has 0 aliphatic heterocycles. The largest absolute Gasteiger partial charge is 0.462 e. The van der Waals surface area contributed by atoms with Crippen LogP contribution in [0.4, 0.5) is 9.39 Å². The monoisotopic (exact) mass is 498 g/mol. The summed E-state index contributed by atoms with van der Waals surface area (Å²) in [5, 5.41) is 7.03. The highest BCUT2D eigenvalue weighted by molar-refractivity contribution is 8.01. The summed E-state index contributed by atoms with van der Waals surface area (Å²) in [5.74, 6) is -0.876. The molecule has 168 valence electrons. The lowest BCUT2D eigenvalue weighted by molar-refractivity contribution is -0.113. The van der Waals surface area contributed by atoms with E-state index in [4.69, 9.17) is 4.74 Å². The van der Waals surface area contributed by atoms with Gasteiger partial charge in [-0.15, -0.1) is 22.7 Å². The van der Waals surface area contributed by atoms with E-state index in [0.717, 1.165) is 26.7 Å². The predicted molar refractivity (Wildman–Crippen MR) is 133 cm³/mol. The smallest absolute Gasteiger partial charge is 0.341 e. The summed E-state index contributed by atoms with van der Waals surface area (Å²) in [6.07, 6.45) is 0. The van der Waals surface area contributed by atoms with E-state index >= 15 is 0 Å². The number of anilines is 1. The first-order chi connectivity index (χ1) is 16.0. The van der Waals surface area contributed by atoms with Gasteiger partial charge in [-0.3, -0.25) is 4.79 Å². The maximum absolute atomic E-state index is 13.1. The van der Waals surface area contributed by atoms with Gasteiger partial charge in [0.15, 0.2) is 4.34 Å². The van der Waals surface area contributed by atoms with Crippen molar-refractivity contribution < 1.29 is 18.7 Å². The Morgan fingerprint density at radius 2 is 1.79 bits per heavy atom. The lowest BCUT2D eigenvalue weighted by Gasteiger charge is -2.08. The third-order valence-electron chi connectivity index (χ3n) is 4.56. The second-order valence-corrected chi connectivity index (χ2v) is 9.74. The van der Waals surface area contributed by atoms with Gasteiger partial charge in [-0.05, 0) is 36.8 Å². The minimum Gasteiger partial charge on any atom is -0.462 e. The highest BCUT2D eigenvalue weighted by atomic mass is 32.2. The van der Waals surface area contributed by atoms with Crippen molar-refractivity contribution in [1.82, 2.24) is 4.98 Å². The molecule has 0 radical (unpaired) electrons. The van der Waals surface area contributed by atoms with Gasteiger partial charge in [-0.1, -0.05) is 42.1 Å². The number of carbonyl (C=O) groups is 2. The molecule has 2 aromatic heterocycles. The number of hydrogen-bond acceptors (Lipinski definition) is 7. The van der Waals surface area contributed by atoms with Gasteiger partial charge in [-0.2, -0.15) is 0 Å². The van der Waals surface area contributed by atoms with Crippen LogP contribution in [0.25, 0.3) is 22.4 Å². The van der Waals surface area contributed by atoms with E-state index in [0.29, 0.717) is 10.6 Å². The Balaban J connectivity index is 1.45. The Hall–Kier alpha value is -3.01. The van der Waals surface area contributed by atoms with Gasteiger partial charge in [-0.25, -0.2) is 14.2 Å². The fourth-order valence-electron chi connectivity index (χ4n) is 3.05. The van der Waals surface area contributed by atoms with Crippen molar-refractivity contribution in [2.24, 2.45) is 0 Å². The molecular weight excluding hydrogens is 479 g/mol. The van der Waals surface area contributed by atoms with Crippen LogP contribution in [0.15, 0.2) is 69.7 Å². The number of thioether (sulfide) groups is 1. The Bertz CT molecular complexity index is 1250. The molecule has 0 bridgehead atoms. The average Bonchev–Trinajstić information content (AvgIpc) is 3.46. The third-order valence-corrected chi connectivity index (χ3v) is 7.47. The lowest BCUT2D eigenvalue weighted by atomic mass is 10.0. The molecular formula is C24H19FN2O3S3. The second kappa shape index (κ2) is 10.7. The van der Waals surface area contributed by atoms with E-state index in [2.05, 4.69) is 10.3 Å². The molecule has 0 saturated heterocycles. The Labute approximate surface area is 202 Å². The lowest BCUT2D eigenvalue weighted by Crippen LogP contribution is -2.16. The third kappa shape index (κ3) is 5.68. The van der Waals surface area contributed by atoms with Crippen LogP contribution in [-0.2, 0) is 9.53 Å². The number of aromatic nitrogens is 1. The normalized spacial score (nSPS) is 10.7. The number of carbonyl (C=O) groups excluding carboxylic acids is 2. The number of hydrogen-bond donors (Lipinski definition) is 1. The molecule has 0 spiro atoms. The Morgan fingerprint density at radius 3 is 2.52 bits per heavy atom. The van der Waals surface area contributed by atoms with Crippen molar-refractivity contribution in [3.05, 3.63) is 76.7 Å². The summed E-state index contributed by atoms with van der Waals surface area (Å²) in [7, 11) is 0. The number of thiophene rings is 1. The van der Waals surface area contributed by atoms with Crippen LogP contribution in [0.1, 0.15) is 17.3 Å². The highest BCUT2D eigenvalue weighted by Gasteiger charge is 2.23. The van der Waals surface area contributed by atoms with Crippen LogP contribution in [0.5, 0.6) is 0 Å². The minimum atomic E-state index is -0.468. The number of amides is 1. The van der Waals surface area contributed by atoms with E-state index in [1.807, 2.05) is 41.1 Å².